The number of piperidine rings is 1. The molecule has 2 fully saturated rings. The number of para-hydroxylation sites is 1. The predicted molar refractivity (Wildman–Crippen MR) is 98.3 cm³/mol. The summed E-state index contributed by atoms with van der Waals surface area (Å²) in [5.41, 5.74) is 0.250. The van der Waals surface area contributed by atoms with Gasteiger partial charge in [0.2, 0.25) is 0 Å². The number of benzene rings is 1. The van der Waals surface area contributed by atoms with E-state index in [2.05, 4.69) is 20.5 Å². The molecular weight excluding hydrogens is 351 g/mol. The third kappa shape index (κ3) is 3.81. The van der Waals surface area contributed by atoms with Crippen LogP contribution < -0.4 is 15.9 Å². The maximum absolute atomic E-state index is 14.0. The molecule has 3 heterocycles. The average Bonchev–Trinajstić information content (AvgIpc) is 3.31. The van der Waals surface area contributed by atoms with Gasteiger partial charge in [0, 0.05) is 38.1 Å². The minimum absolute atomic E-state index is 0.0114. The van der Waals surface area contributed by atoms with E-state index in [1.54, 1.807) is 17.0 Å². The van der Waals surface area contributed by atoms with Crippen molar-refractivity contribution in [2.24, 2.45) is 0 Å². The van der Waals surface area contributed by atoms with Crippen molar-refractivity contribution in [1.29, 1.82) is 0 Å². The summed E-state index contributed by atoms with van der Waals surface area (Å²) in [6.45, 7) is 2.51. The number of carbonyl (C=O) groups excluding carboxylic acids is 1. The van der Waals surface area contributed by atoms with Gasteiger partial charge >= 0.3 is 11.7 Å². The Labute approximate surface area is 155 Å². The summed E-state index contributed by atoms with van der Waals surface area (Å²) in [7, 11) is 0. The highest BCUT2D eigenvalue weighted by Crippen LogP contribution is 2.25. The SMILES string of the molecule is O=C(NC1CCN(c2ccccc2F)C1)N1CCCC(c2n[nH]c(=O)[nH]2)C1. The molecule has 144 valence electrons. The number of H-pyrrole nitrogens is 2. The van der Waals surface area contributed by atoms with E-state index in [1.165, 1.54) is 6.07 Å². The first kappa shape index (κ1) is 17.6. The average molecular weight is 374 g/mol. The van der Waals surface area contributed by atoms with Crippen molar-refractivity contribution in [3.63, 3.8) is 0 Å². The number of nitrogens with one attached hydrogen (secondary N) is 3. The number of likely N-dealkylation sites (tertiary alicyclic amines) is 1. The van der Waals surface area contributed by atoms with Crippen LogP contribution in [0, 0.1) is 5.82 Å². The Bertz CT molecular complexity index is 865. The Morgan fingerprint density at radius 2 is 2.07 bits per heavy atom. The number of carbonyl (C=O) groups is 1. The van der Waals surface area contributed by atoms with Gasteiger partial charge < -0.3 is 15.1 Å². The Kier molecular flexibility index (Phi) is 4.83. The number of nitrogens with zero attached hydrogens (tertiary/aromatic N) is 3. The normalized spacial score (nSPS) is 22.9. The zero-order valence-corrected chi connectivity index (χ0v) is 14.9. The van der Waals surface area contributed by atoms with Crippen LogP contribution in [0.15, 0.2) is 29.1 Å². The van der Waals surface area contributed by atoms with Gasteiger partial charge in [-0.1, -0.05) is 12.1 Å². The highest BCUT2D eigenvalue weighted by Gasteiger charge is 2.30. The number of amides is 2. The molecule has 2 aromatic rings. The van der Waals surface area contributed by atoms with E-state index in [9.17, 15) is 14.0 Å². The number of rotatable bonds is 3. The lowest BCUT2D eigenvalue weighted by molar-refractivity contribution is 0.175. The molecule has 3 N–H and O–H groups in total. The molecule has 0 bridgehead atoms. The Balaban J connectivity index is 1.34. The van der Waals surface area contributed by atoms with Crippen molar-refractivity contribution >= 4 is 11.7 Å². The van der Waals surface area contributed by atoms with Gasteiger partial charge in [-0.2, -0.15) is 5.10 Å². The molecule has 2 atom stereocenters. The fourth-order valence-corrected chi connectivity index (χ4v) is 3.93. The summed E-state index contributed by atoms with van der Waals surface area (Å²) in [6.07, 6.45) is 2.53. The molecule has 2 aliphatic rings. The number of hydrogen-bond acceptors (Lipinski definition) is 4. The van der Waals surface area contributed by atoms with Gasteiger partial charge in [-0.05, 0) is 31.4 Å². The van der Waals surface area contributed by atoms with E-state index in [4.69, 9.17) is 0 Å². The minimum Gasteiger partial charge on any atom is -0.367 e. The number of aromatic amines is 2. The van der Waals surface area contributed by atoms with Crippen molar-refractivity contribution < 1.29 is 9.18 Å². The highest BCUT2D eigenvalue weighted by atomic mass is 19.1. The highest BCUT2D eigenvalue weighted by molar-refractivity contribution is 5.75. The molecule has 0 spiro atoms. The third-order valence-electron chi connectivity index (χ3n) is 5.32. The van der Waals surface area contributed by atoms with Gasteiger partial charge in [-0.15, -0.1) is 0 Å². The molecule has 8 nitrogen and oxygen atoms in total. The van der Waals surface area contributed by atoms with Crippen LogP contribution in [-0.2, 0) is 0 Å². The van der Waals surface area contributed by atoms with E-state index in [0.29, 0.717) is 37.7 Å². The van der Waals surface area contributed by atoms with Crippen molar-refractivity contribution in [2.45, 2.75) is 31.2 Å². The number of aromatic nitrogens is 3. The van der Waals surface area contributed by atoms with Gasteiger partial charge in [0.1, 0.15) is 11.6 Å². The maximum atomic E-state index is 14.0. The third-order valence-corrected chi connectivity index (χ3v) is 5.32. The minimum atomic E-state index is -0.328. The molecule has 1 aromatic heterocycles. The molecule has 0 aliphatic carbocycles. The van der Waals surface area contributed by atoms with Crippen molar-refractivity contribution in [3.05, 3.63) is 46.4 Å². The van der Waals surface area contributed by atoms with E-state index < -0.39 is 0 Å². The van der Waals surface area contributed by atoms with Crippen LogP contribution in [-0.4, -0.2) is 58.3 Å². The van der Waals surface area contributed by atoms with Crippen LogP contribution in [0.3, 0.4) is 0 Å². The smallest absolute Gasteiger partial charge is 0.340 e. The van der Waals surface area contributed by atoms with Crippen LogP contribution >= 0.6 is 0 Å². The van der Waals surface area contributed by atoms with E-state index >= 15 is 0 Å². The Morgan fingerprint density at radius 3 is 2.85 bits per heavy atom. The molecule has 1 aromatic carbocycles. The molecule has 2 saturated heterocycles. The summed E-state index contributed by atoms with van der Waals surface area (Å²) in [6, 6.07) is 6.58. The molecule has 27 heavy (non-hydrogen) atoms. The van der Waals surface area contributed by atoms with Gasteiger partial charge in [0.05, 0.1) is 5.69 Å². The van der Waals surface area contributed by atoms with Crippen LogP contribution in [0.4, 0.5) is 14.9 Å². The largest absolute Gasteiger partial charge is 0.367 e. The standard InChI is InChI=1S/C18H23FN6O2/c19-14-5-1-2-6-15(14)24-9-7-13(11-24)20-18(27)25-8-3-4-12(10-25)16-21-17(26)23-22-16/h1-2,5-6,12-13H,3-4,7-11H2,(H,20,27)(H2,21,22,23,26). The molecule has 0 saturated carbocycles. The summed E-state index contributed by atoms with van der Waals surface area (Å²) in [4.78, 5) is 30.3. The zero-order valence-electron chi connectivity index (χ0n) is 14.9. The molecule has 4 rings (SSSR count). The van der Waals surface area contributed by atoms with Crippen LogP contribution in [0.2, 0.25) is 0 Å². The monoisotopic (exact) mass is 374 g/mol. The predicted octanol–water partition coefficient (Wildman–Crippen LogP) is 1.40. The van der Waals surface area contributed by atoms with Gasteiger partial charge in [-0.3, -0.25) is 4.98 Å². The first-order valence-electron chi connectivity index (χ1n) is 9.29. The molecular formula is C18H23FN6O2. The molecule has 2 aliphatic heterocycles. The number of halogens is 1. The topological polar surface area (TPSA) is 97.1 Å². The fourth-order valence-electron chi connectivity index (χ4n) is 3.93. The first-order chi connectivity index (χ1) is 13.1. The van der Waals surface area contributed by atoms with Gasteiger partial charge in [0.25, 0.3) is 0 Å². The van der Waals surface area contributed by atoms with Crippen LogP contribution in [0.25, 0.3) is 0 Å². The lowest BCUT2D eigenvalue weighted by atomic mass is 9.98. The Morgan fingerprint density at radius 1 is 1.22 bits per heavy atom. The summed E-state index contributed by atoms with van der Waals surface area (Å²) >= 11 is 0. The number of hydrogen-bond donors (Lipinski definition) is 3. The Hall–Kier alpha value is -2.84. The lowest BCUT2D eigenvalue weighted by Crippen LogP contribution is -2.49. The first-order valence-corrected chi connectivity index (χ1v) is 9.29. The second kappa shape index (κ2) is 7.42. The van der Waals surface area contributed by atoms with Crippen molar-refractivity contribution in [1.82, 2.24) is 25.4 Å². The van der Waals surface area contributed by atoms with Gasteiger partial charge in [0.15, 0.2) is 0 Å². The second-order valence-corrected chi connectivity index (χ2v) is 7.18. The second-order valence-electron chi connectivity index (χ2n) is 7.18. The zero-order chi connectivity index (χ0) is 18.8. The van der Waals surface area contributed by atoms with Crippen LogP contribution in [0.5, 0.6) is 0 Å². The quantitative estimate of drug-likeness (QED) is 0.757. The fraction of sp³-hybridized carbons (Fsp3) is 0.500. The molecule has 2 unspecified atom stereocenters. The molecule has 0 radical (unpaired) electrons. The van der Waals surface area contributed by atoms with E-state index in [-0.39, 0.29) is 29.5 Å². The molecule has 2 amide bonds. The summed E-state index contributed by atoms with van der Waals surface area (Å²) < 4.78 is 14.0. The number of anilines is 1. The summed E-state index contributed by atoms with van der Waals surface area (Å²) in [5.74, 6) is 0.391. The molecule has 9 heteroatoms. The maximum Gasteiger partial charge on any atom is 0.340 e. The van der Waals surface area contributed by atoms with E-state index in [0.717, 1.165) is 19.3 Å². The summed E-state index contributed by atoms with van der Waals surface area (Å²) in [5, 5.41) is 9.44. The van der Waals surface area contributed by atoms with Crippen molar-refractivity contribution in [3.8, 4) is 0 Å². The van der Waals surface area contributed by atoms with Crippen LogP contribution in [0.1, 0.15) is 31.0 Å². The van der Waals surface area contributed by atoms with Gasteiger partial charge in [-0.25, -0.2) is 19.1 Å². The lowest BCUT2D eigenvalue weighted by Gasteiger charge is -2.32. The number of urea groups is 1. The van der Waals surface area contributed by atoms with Crippen molar-refractivity contribution in [2.75, 3.05) is 31.1 Å². The van der Waals surface area contributed by atoms with E-state index in [1.807, 2.05) is 11.0 Å².